The van der Waals surface area contributed by atoms with Crippen LogP contribution in [-0.2, 0) is 4.79 Å². The highest BCUT2D eigenvalue weighted by atomic mass is 16.2. The summed E-state index contributed by atoms with van der Waals surface area (Å²) >= 11 is 0. The molecule has 3 rings (SSSR count). The van der Waals surface area contributed by atoms with Crippen LogP contribution in [0.2, 0.25) is 0 Å². The molecule has 1 saturated carbocycles. The number of likely N-dealkylation sites (N-methyl/N-ethyl adjacent to an activating group) is 1. The van der Waals surface area contributed by atoms with Crippen LogP contribution in [0.1, 0.15) is 39.0 Å². The summed E-state index contributed by atoms with van der Waals surface area (Å²) in [4.78, 5) is 19.6. The molecule has 2 fully saturated rings. The highest BCUT2D eigenvalue weighted by molar-refractivity contribution is 5.78. The van der Waals surface area contributed by atoms with Gasteiger partial charge in [-0.05, 0) is 37.3 Å². The lowest BCUT2D eigenvalue weighted by Gasteiger charge is -2.37. The molecule has 25 heavy (non-hydrogen) atoms. The molecule has 2 unspecified atom stereocenters. The molecule has 2 atom stereocenters. The van der Waals surface area contributed by atoms with Crippen LogP contribution in [0.15, 0.2) is 30.3 Å². The smallest absolute Gasteiger partial charge is 0.236 e. The fraction of sp³-hybridized carbons (Fsp3) is 0.667. The van der Waals surface area contributed by atoms with Crippen molar-refractivity contribution in [3.63, 3.8) is 0 Å². The molecular formula is C21H33N3O. The Kier molecular flexibility index (Phi) is 6.35. The summed E-state index contributed by atoms with van der Waals surface area (Å²) < 4.78 is 0. The highest BCUT2D eigenvalue weighted by Crippen LogP contribution is 2.27. The van der Waals surface area contributed by atoms with Crippen molar-refractivity contribution in [2.45, 2.75) is 45.1 Å². The molecule has 1 aliphatic heterocycles. The van der Waals surface area contributed by atoms with Crippen molar-refractivity contribution in [2.75, 3.05) is 44.7 Å². The van der Waals surface area contributed by atoms with Crippen molar-refractivity contribution in [2.24, 2.45) is 5.92 Å². The Balaban J connectivity index is 1.52. The molecule has 2 aliphatic rings. The van der Waals surface area contributed by atoms with Crippen molar-refractivity contribution in [1.29, 1.82) is 0 Å². The summed E-state index contributed by atoms with van der Waals surface area (Å²) in [6, 6.07) is 11.1. The van der Waals surface area contributed by atoms with Crippen LogP contribution < -0.4 is 4.90 Å². The van der Waals surface area contributed by atoms with Crippen molar-refractivity contribution < 1.29 is 4.79 Å². The first-order valence-corrected chi connectivity index (χ1v) is 9.93. The van der Waals surface area contributed by atoms with Gasteiger partial charge in [-0.15, -0.1) is 0 Å². The first-order chi connectivity index (χ1) is 12.1. The molecule has 1 saturated heterocycles. The van der Waals surface area contributed by atoms with E-state index in [4.69, 9.17) is 0 Å². The van der Waals surface area contributed by atoms with Gasteiger partial charge in [0.2, 0.25) is 5.91 Å². The normalized spacial score (nSPS) is 25.4. The Bertz CT molecular complexity index is 547. The first-order valence-electron chi connectivity index (χ1n) is 9.93. The zero-order valence-corrected chi connectivity index (χ0v) is 15.9. The molecule has 4 nitrogen and oxygen atoms in total. The van der Waals surface area contributed by atoms with Crippen LogP contribution >= 0.6 is 0 Å². The van der Waals surface area contributed by atoms with E-state index < -0.39 is 0 Å². The van der Waals surface area contributed by atoms with E-state index in [1.165, 1.54) is 31.4 Å². The van der Waals surface area contributed by atoms with Gasteiger partial charge in [-0.1, -0.05) is 38.0 Å². The Morgan fingerprint density at radius 3 is 2.56 bits per heavy atom. The lowest BCUT2D eigenvalue weighted by atomic mass is 9.85. The third-order valence-corrected chi connectivity index (χ3v) is 6.03. The number of benzene rings is 1. The minimum atomic E-state index is 0.298. The number of nitrogens with zero attached hydrogens (tertiary/aromatic N) is 3. The number of hydrogen-bond donors (Lipinski definition) is 0. The van der Waals surface area contributed by atoms with Gasteiger partial charge in [0, 0.05) is 45.0 Å². The molecule has 0 bridgehead atoms. The predicted molar refractivity (Wildman–Crippen MR) is 104 cm³/mol. The molecule has 0 radical (unpaired) electrons. The second kappa shape index (κ2) is 8.70. The molecule has 1 aromatic carbocycles. The van der Waals surface area contributed by atoms with Crippen molar-refractivity contribution in [3.8, 4) is 0 Å². The maximum absolute atomic E-state index is 12.8. The Hall–Kier alpha value is -1.55. The van der Waals surface area contributed by atoms with E-state index in [0.717, 1.165) is 32.6 Å². The van der Waals surface area contributed by atoms with Gasteiger partial charge < -0.3 is 9.80 Å². The van der Waals surface area contributed by atoms with E-state index >= 15 is 0 Å². The third-order valence-electron chi connectivity index (χ3n) is 6.03. The molecule has 1 heterocycles. The van der Waals surface area contributed by atoms with Gasteiger partial charge in [-0.25, -0.2) is 0 Å². The summed E-state index contributed by atoms with van der Waals surface area (Å²) in [5.74, 6) is 0.937. The fourth-order valence-electron chi connectivity index (χ4n) is 4.39. The second-order valence-electron chi connectivity index (χ2n) is 7.79. The van der Waals surface area contributed by atoms with Crippen LogP contribution in [-0.4, -0.2) is 61.5 Å². The topological polar surface area (TPSA) is 26.8 Å². The third kappa shape index (κ3) is 4.75. The Morgan fingerprint density at radius 1 is 1.04 bits per heavy atom. The zero-order valence-electron chi connectivity index (χ0n) is 15.9. The number of amides is 1. The second-order valence-corrected chi connectivity index (χ2v) is 7.79. The van der Waals surface area contributed by atoms with Crippen LogP contribution in [0, 0.1) is 5.92 Å². The number of para-hydroxylation sites is 1. The van der Waals surface area contributed by atoms with E-state index in [-0.39, 0.29) is 0 Å². The average Bonchev–Trinajstić information content (AvgIpc) is 2.88. The van der Waals surface area contributed by atoms with Crippen molar-refractivity contribution >= 4 is 11.6 Å². The number of anilines is 1. The van der Waals surface area contributed by atoms with Crippen LogP contribution in [0.4, 0.5) is 5.69 Å². The largest absolute Gasteiger partial charge is 0.370 e. The minimum Gasteiger partial charge on any atom is -0.370 e. The van der Waals surface area contributed by atoms with E-state index in [1.54, 1.807) is 0 Å². The molecule has 0 spiro atoms. The standard InChI is InChI=1S/C21H33N3O/c1-18-9-6-7-12-20(18)22(2)21(25)17-23-13-8-14-24(16-15-23)19-10-4-3-5-11-19/h3-5,10-11,18,20H,6-9,12-17H2,1-2H3. The molecule has 1 aromatic rings. The number of carbonyl (C=O) groups is 1. The lowest BCUT2D eigenvalue weighted by Crippen LogP contribution is -2.47. The molecule has 4 heteroatoms. The van der Waals surface area contributed by atoms with E-state index in [2.05, 4.69) is 47.1 Å². The Labute approximate surface area is 152 Å². The van der Waals surface area contributed by atoms with Gasteiger partial charge >= 0.3 is 0 Å². The lowest BCUT2D eigenvalue weighted by molar-refractivity contribution is -0.134. The first kappa shape index (κ1) is 18.2. The van der Waals surface area contributed by atoms with Crippen molar-refractivity contribution in [1.82, 2.24) is 9.80 Å². The summed E-state index contributed by atoms with van der Waals surface area (Å²) in [6.07, 6.45) is 6.14. The SMILES string of the molecule is CC1CCCCC1N(C)C(=O)CN1CCCN(c2ccccc2)CC1. The quantitative estimate of drug-likeness (QED) is 0.840. The maximum Gasteiger partial charge on any atom is 0.236 e. The Morgan fingerprint density at radius 2 is 1.80 bits per heavy atom. The van der Waals surface area contributed by atoms with Crippen LogP contribution in [0.5, 0.6) is 0 Å². The summed E-state index contributed by atoms with van der Waals surface area (Å²) in [5.41, 5.74) is 1.30. The van der Waals surface area contributed by atoms with E-state index in [0.29, 0.717) is 24.4 Å². The fourth-order valence-corrected chi connectivity index (χ4v) is 4.39. The molecular weight excluding hydrogens is 310 g/mol. The number of hydrogen-bond acceptors (Lipinski definition) is 3. The molecule has 0 aromatic heterocycles. The molecule has 1 aliphatic carbocycles. The minimum absolute atomic E-state index is 0.298. The van der Waals surface area contributed by atoms with Crippen LogP contribution in [0.3, 0.4) is 0 Å². The average molecular weight is 344 g/mol. The molecule has 138 valence electrons. The van der Waals surface area contributed by atoms with E-state index in [9.17, 15) is 4.79 Å². The number of carbonyl (C=O) groups excluding carboxylic acids is 1. The van der Waals surface area contributed by atoms with Gasteiger partial charge in [0.1, 0.15) is 0 Å². The van der Waals surface area contributed by atoms with Gasteiger partial charge in [-0.3, -0.25) is 9.69 Å². The highest BCUT2D eigenvalue weighted by Gasteiger charge is 2.28. The van der Waals surface area contributed by atoms with Crippen molar-refractivity contribution in [3.05, 3.63) is 30.3 Å². The molecule has 1 amide bonds. The molecule has 0 N–H and O–H groups in total. The number of rotatable bonds is 4. The monoisotopic (exact) mass is 343 g/mol. The van der Waals surface area contributed by atoms with Gasteiger partial charge in [-0.2, -0.15) is 0 Å². The maximum atomic E-state index is 12.8. The summed E-state index contributed by atoms with van der Waals surface area (Å²) in [7, 11) is 2.02. The summed E-state index contributed by atoms with van der Waals surface area (Å²) in [5, 5.41) is 0. The van der Waals surface area contributed by atoms with Gasteiger partial charge in [0.15, 0.2) is 0 Å². The summed E-state index contributed by atoms with van der Waals surface area (Å²) in [6.45, 7) is 6.93. The van der Waals surface area contributed by atoms with Gasteiger partial charge in [0.25, 0.3) is 0 Å². The van der Waals surface area contributed by atoms with Gasteiger partial charge in [0.05, 0.1) is 6.54 Å². The van der Waals surface area contributed by atoms with Crippen LogP contribution in [0.25, 0.3) is 0 Å². The van der Waals surface area contributed by atoms with E-state index in [1.807, 2.05) is 11.9 Å². The predicted octanol–water partition coefficient (Wildman–Crippen LogP) is 3.24. The zero-order chi connectivity index (χ0) is 17.6.